The number of nitrogens with one attached hydrogen (secondary N) is 1. The van der Waals surface area contributed by atoms with E-state index in [1.165, 1.54) is 19.2 Å². The lowest BCUT2D eigenvalue weighted by Gasteiger charge is -2.19. The summed E-state index contributed by atoms with van der Waals surface area (Å²) in [6.45, 7) is 0.803. The second-order valence-corrected chi connectivity index (χ2v) is 4.13. The zero-order chi connectivity index (χ0) is 15.2. The summed E-state index contributed by atoms with van der Waals surface area (Å²) in [5.74, 6) is -0.482. The molecule has 3 nitrogen and oxygen atoms in total. The molecule has 0 saturated heterocycles. The number of likely N-dealkylation sites (N-methyl/N-ethyl adjacent to an activating group) is 1. The van der Waals surface area contributed by atoms with Gasteiger partial charge in [-0.25, -0.2) is 4.39 Å². The van der Waals surface area contributed by atoms with E-state index >= 15 is 0 Å². The van der Waals surface area contributed by atoms with Crippen molar-refractivity contribution in [3.05, 3.63) is 29.6 Å². The van der Waals surface area contributed by atoms with Crippen LogP contribution in [0.25, 0.3) is 0 Å². The van der Waals surface area contributed by atoms with E-state index in [1.807, 2.05) is 0 Å². The SMILES string of the molecule is CCNC(COCC(F)(F)F)c1ccc(OC)c(F)c1. The van der Waals surface area contributed by atoms with Gasteiger partial charge in [0.15, 0.2) is 11.6 Å². The molecule has 1 atom stereocenters. The van der Waals surface area contributed by atoms with Gasteiger partial charge in [0.1, 0.15) is 6.61 Å². The molecule has 7 heteroatoms. The molecule has 0 aliphatic carbocycles. The number of ether oxygens (including phenoxy) is 2. The number of alkyl halides is 3. The standard InChI is InChI=1S/C13H17F4NO2/c1-3-18-11(7-20-8-13(15,16)17)9-4-5-12(19-2)10(14)6-9/h4-6,11,18H,3,7-8H2,1-2H3. The second-order valence-electron chi connectivity index (χ2n) is 4.13. The van der Waals surface area contributed by atoms with Crippen molar-refractivity contribution in [1.29, 1.82) is 0 Å². The van der Waals surface area contributed by atoms with Crippen molar-refractivity contribution >= 4 is 0 Å². The summed E-state index contributed by atoms with van der Waals surface area (Å²) in [6.07, 6.45) is -4.37. The molecule has 0 saturated carbocycles. The molecule has 0 aliphatic heterocycles. The van der Waals surface area contributed by atoms with E-state index in [1.54, 1.807) is 13.0 Å². The summed E-state index contributed by atoms with van der Waals surface area (Å²) in [7, 11) is 1.34. The molecular weight excluding hydrogens is 278 g/mol. The topological polar surface area (TPSA) is 30.5 Å². The number of benzene rings is 1. The summed E-state index contributed by atoms with van der Waals surface area (Å²) < 4.78 is 59.1. The summed E-state index contributed by atoms with van der Waals surface area (Å²) in [5.41, 5.74) is 0.507. The Balaban J connectivity index is 2.72. The maximum atomic E-state index is 13.6. The van der Waals surface area contributed by atoms with Crippen LogP contribution in [0.15, 0.2) is 18.2 Å². The van der Waals surface area contributed by atoms with Crippen LogP contribution < -0.4 is 10.1 Å². The molecule has 0 fully saturated rings. The fourth-order valence-electron chi connectivity index (χ4n) is 1.71. The lowest BCUT2D eigenvalue weighted by molar-refractivity contribution is -0.175. The minimum absolute atomic E-state index is 0.0835. The molecule has 114 valence electrons. The van der Waals surface area contributed by atoms with E-state index in [2.05, 4.69) is 10.1 Å². The highest BCUT2D eigenvalue weighted by Gasteiger charge is 2.28. The van der Waals surface area contributed by atoms with Crippen molar-refractivity contribution in [2.24, 2.45) is 0 Å². The molecule has 0 spiro atoms. The van der Waals surface area contributed by atoms with E-state index in [4.69, 9.17) is 4.74 Å². The Morgan fingerprint density at radius 3 is 2.50 bits per heavy atom. The van der Waals surface area contributed by atoms with Crippen LogP contribution in [0.4, 0.5) is 17.6 Å². The zero-order valence-electron chi connectivity index (χ0n) is 11.3. The molecule has 0 amide bonds. The first-order valence-corrected chi connectivity index (χ1v) is 6.08. The summed E-state index contributed by atoms with van der Waals surface area (Å²) >= 11 is 0. The van der Waals surface area contributed by atoms with Gasteiger partial charge in [-0.2, -0.15) is 13.2 Å². The monoisotopic (exact) mass is 295 g/mol. The molecule has 0 bridgehead atoms. The first-order valence-electron chi connectivity index (χ1n) is 6.08. The van der Waals surface area contributed by atoms with Gasteiger partial charge in [0.05, 0.1) is 19.8 Å². The molecule has 0 aliphatic rings. The minimum atomic E-state index is -4.37. The fourth-order valence-corrected chi connectivity index (χ4v) is 1.71. The summed E-state index contributed by atoms with van der Waals surface area (Å²) in [4.78, 5) is 0. The van der Waals surface area contributed by atoms with Gasteiger partial charge in [-0.3, -0.25) is 0 Å². The average Bonchev–Trinajstić information content (AvgIpc) is 2.36. The molecule has 1 unspecified atom stereocenters. The van der Waals surface area contributed by atoms with E-state index in [0.717, 1.165) is 0 Å². The Hall–Kier alpha value is -1.34. The first-order chi connectivity index (χ1) is 9.37. The maximum absolute atomic E-state index is 13.6. The summed E-state index contributed by atoms with van der Waals surface area (Å²) in [6, 6.07) is 3.73. The van der Waals surface area contributed by atoms with Crippen molar-refractivity contribution in [2.45, 2.75) is 19.1 Å². The zero-order valence-corrected chi connectivity index (χ0v) is 11.3. The molecule has 1 N–H and O–H groups in total. The van der Waals surface area contributed by atoms with Gasteiger partial charge in [-0.1, -0.05) is 13.0 Å². The Bertz CT molecular complexity index is 423. The molecule has 0 radical (unpaired) electrons. The van der Waals surface area contributed by atoms with Crippen LogP contribution in [0.3, 0.4) is 0 Å². The van der Waals surface area contributed by atoms with Gasteiger partial charge >= 0.3 is 6.18 Å². The lowest BCUT2D eigenvalue weighted by atomic mass is 10.1. The van der Waals surface area contributed by atoms with Crippen molar-refractivity contribution in [3.8, 4) is 5.75 Å². The predicted molar refractivity (Wildman–Crippen MR) is 66.2 cm³/mol. The third-order valence-electron chi connectivity index (χ3n) is 2.58. The number of rotatable bonds is 7. The Morgan fingerprint density at radius 2 is 2.00 bits per heavy atom. The Morgan fingerprint density at radius 1 is 1.30 bits per heavy atom. The molecule has 20 heavy (non-hydrogen) atoms. The normalized spacial score (nSPS) is 13.3. The molecule has 0 heterocycles. The third-order valence-corrected chi connectivity index (χ3v) is 2.58. The van der Waals surface area contributed by atoms with Crippen LogP contribution in [0.1, 0.15) is 18.5 Å². The highest BCUT2D eigenvalue weighted by Crippen LogP contribution is 2.23. The molecule has 1 aromatic carbocycles. The Kier molecular flexibility index (Phi) is 6.22. The first kappa shape index (κ1) is 16.7. The van der Waals surface area contributed by atoms with Crippen LogP contribution in [0.2, 0.25) is 0 Å². The van der Waals surface area contributed by atoms with Crippen LogP contribution in [-0.4, -0.2) is 33.0 Å². The molecule has 1 aromatic rings. The van der Waals surface area contributed by atoms with Gasteiger partial charge in [0.2, 0.25) is 0 Å². The number of methoxy groups -OCH3 is 1. The van der Waals surface area contributed by atoms with Gasteiger partial charge in [0, 0.05) is 0 Å². The molecule has 1 rings (SSSR count). The predicted octanol–water partition coefficient (Wildman–Crippen LogP) is 3.06. The van der Waals surface area contributed by atoms with Crippen molar-refractivity contribution in [1.82, 2.24) is 5.32 Å². The largest absolute Gasteiger partial charge is 0.494 e. The van der Waals surface area contributed by atoms with E-state index in [-0.39, 0.29) is 12.4 Å². The van der Waals surface area contributed by atoms with Crippen molar-refractivity contribution < 1.29 is 27.0 Å². The third kappa shape index (κ3) is 5.34. The quantitative estimate of drug-likeness (QED) is 0.784. The smallest absolute Gasteiger partial charge is 0.411 e. The van der Waals surface area contributed by atoms with Gasteiger partial charge in [-0.15, -0.1) is 0 Å². The van der Waals surface area contributed by atoms with Crippen molar-refractivity contribution in [2.75, 3.05) is 26.9 Å². The average molecular weight is 295 g/mol. The summed E-state index contributed by atoms with van der Waals surface area (Å²) in [5, 5.41) is 2.95. The van der Waals surface area contributed by atoms with Crippen LogP contribution in [-0.2, 0) is 4.74 Å². The van der Waals surface area contributed by atoms with Crippen LogP contribution in [0.5, 0.6) is 5.75 Å². The van der Waals surface area contributed by atoms with Gasteiger partial charge in [-0.05, 0) is 24.2 Å². The molecular formula is C13H17F4NO2. The highest BCUT2D eigenvalue weighted by molar-refractivity contribution is 5.31. The van der Waals surface area contributed by atoms with Crippen LogP contribution >= 0.6 is 0 Å². The lowest BCUT2D eigenvalue weighted by Crippen LogP contribution is -2.28. The number of hydrogen-bond acceptors (Lipinski definition) is 3. The van der Waals surface area contributed by atoms with E-state index in [9.17, 15) is 17.6 Å². The van der Waals surface area contributed by atoms with E-state index in [0.29, 0.717) is 12.1 Å². The highest BCUT2D eigenvalue weighted by atomic mass is 19.4. The van der Waals surface area contributed by atoms with E-state index < -0.39 is 24.6 Å². The maximum Gasteiger partial charge on any atom is 0.411 e. The minimum Gasteiger partial charge on any atom is -0.494 e. The molecule has 0 aromatic heterocycles. The van der Waals surface area contributed by atoms with Crippen molar-refractivity contribution in [3.63, 3.8) is 0 Å². The van der Waals surface area contributed by atoms with Crippen LogP contribution in [0, 0.1) is 5.82 Å². The Labute approximate surface area is 114 Å². The second kappa shape index (κ2) is 7.44. The van der Waals surface area contributed by atoms with Gasteiger partial charge in [0.25, 0.3) is 0 Å². The fraction of sp³-hybridized carbons (Fsp3) is 0.538. The number of halogens is 4. The number of hydrogen-bond donors (Lipinski definition) is 1. The van der Waals surface area contributed by atoms with Gasteiger partial charge < -0.3 is 14.8 Å².